The highest BCUT2D eigenvalue weighted by atomic mass is 32.1. The second kappa shape index (κ2) is 11.2. The predicted octanol–water partition coefficient (Wildman–Crippen LogP) is 12.4. The van der Waals surface area contributed by atoms with Gasteiger partial charge in [-0.15, -0.1) is 11.3 Å². The number of aromatic nitrogens is 3. The van der Waals surface area contributed by atoms with Gasteiger partial charge in [0.15, 0.2) is 17.5 Å². The Kier molecular flexibility index (Phi) is 6.36. The maximum absolute atomic E-state index is 5.27. The zero-order valence-electron chi connectivity index (χ0n) is 26.3. The van der Waals surface area contributed by atoms with Crippen molar-refractivity contribution in [2.45, 2.75) is 0 Å². The Morgan fingerprint density at radius 2 is 0.959 bits per heavy atom. The summed E-state index contributed by atoms with van der Waals surface area (Å²) in [5.74, 6) is 1.98. The molecule has 2 heterocycles. The molecule has 228 valence electrons. The fraction of sp³-hybridized carbons (Fsp3) is 0. The molecule has 0 saturated heterocycles. The summed E-state index contributed by atoms with van der Waals surface area (Å²) in [5, 5.41) is 9.49. The van der Waals surface area contributed by atoms with Gasteiger partial charge in [0.05, 0.1) is 0 Å². The van der Waals surface area contributed by atoms with Crippen LogP contribution in [0.25, 0.3) is 97.8 Å². The van der Waals surface area contributed by atoms with Crippen molar-refractivity contribution in [2.24, 2.45) is 0 Å². The van der Waals surface area contributed by atoms with E-state index in [4.69, 9.17) is 15.0 Å². The van der Waals surface area contributed by atoms with Crippen molar-refractivity contribution in [3.8, 4) is 45.3 Å². The quantitative estimate of drug-likeness (QED) is 0.180. The van der Waals surface area contributed by atoms with Gasteiger partial charge in [0.1, 0.15) is 0 Å². The maximum atomic E-state index is 5.27. The van der Waals surface area contributed by atoms with Crippen LogP contribution >= 0.6 is 11.3 Å². The van der Waals surface area contributed by atoms with Gasteiger partial charge in [0.25, 0.3) is 0 Å². The predicted molar refractivity (Wildman–Crippen MR) is 207 cm³/mol. The van der Waals surface area contributed by atoms with E-state index in [-0.39, 0.29) is 0 Å². The number of nitrogens with zero attached hydrogens (tertiary/aromatic N) is 3. The van der Waals surface area contributed by atoms with E-state index >= 15 is 0 Å². The van der Waals surface area contributed by atoms with Gasteiger partial charge in [0.2, 0.25) is 0 Å². The van der Waals surface area contributed by atoms with Crippen LogP contribution in [0, 0.1) is 0 Å². The fourth-order valence-electron chi connectivity index (χ4n) is 7.23. The zero-order valence-corrected chi connectivity index (χ0v) is 27.2. The van der Waals surface area contributed by atoms with Gasteiger partial charge in [-0.05, 0) is 67.7 Å². The lowest BCUT2D eigenvalue weighted by molar-refractivity contribution is 1.08. The number of benzene rings is 8. The van der Waals surface area contributed by atoms with Crippen molar-refractivity contribution >= 4 is 63.8 Å². The van der Waals surface area contributed by atoms with Gasteiger partial charge in [-0.3, -0.25) is 0 Å². The molecule has 10 rings (SSSR count). The Bertz CT molecular complexity index is 2890. The van der Waals surface area contributed by atoms with E-state index in [0.29, 0.717) is 17.5 Å². The minimum atomic E-state index is 0.651. The summed E-state index contributed by atoms with van der Waals surface area (Å²) < 4.78 is 2.47. The van der Waals surface area contributed by atoms with Crippen LogP contribution in [-0.2, 0) is 0 Å². The average molecular weight is 642 g/mol. The molecule has 49 heavy (non-hydrogen) atoms. The van der Waals surface area contributed by atoms with Crippen molar-refractivity contribution in [3.05, 3.63) is 164 Å². The summed E-state index contributed by atoms with van der Waals surface area (Å²) in [6.07, 6.45) is 0. The second-order valence-electron chi connectivity index (χ2n) is 12.4. The molecule has 0 radical (unpaired) electrons. The molecular weight excluding hydrogens is 615 g/mol. The van der Waals surface area contributed by atoms with Crippen LogP contribution in [0.2, 0.25) is 0 Å². The van der Waals surface area contributed by atoms with Gasteiger partial charge in [0, 0.05) is 36.9 Å². The molecule has 0 fully saturated rings. The van der Waals surface area contributed by atoms with Gasteiger partial charge in [-0.2, -0.15) is 0 Å². The summed E-state index contributed by atoms with van der Waals surface area (Å²) >= 11 is 1.80. The Morgan fingerprint density at radius 3 is 1.84 bits per heavy atom. The van der Waals surface area contributed by atoms with Crippen molar-refractivity contribution < 1.29 is 0 Å². The van der Waals surface area contributed by atoms with Crippen LogP contribution in [0.4, 0.5) is 0 Å². The minimum Gasteiger partial charge on any atom is -0.208 e. The lowest BCUT2D eigenvalue weighted by Crippen LogP contribution is -2.01. The summed E-state index contributed by atoms with van der Waals surface area (Å²) in [6.45, 7) is 0. The number of rotatable bonds is 4. The molecule has 0 bridgehead atoms. The van der Waals surface area contributed by atoms with E-state index in [2.05, 4.69) is 164 Å². The molecule has 0 N–H and O–H groups in total. The van der Waals surface area contributed by atoms with Crippen LogP contribution in [0.1, 0.15) is 0 Å². The first-order chi connectivity index (χ1) is 24.3. The van der Waals surface area contributed by atoms with Crippen LogP contribution in [-0.4, -0.2) is 15.0 Å². The molecule has 0 aliphatic carbocycles. The molecule has 0 aliphatic rings. The minimum absolute atomic E-state index is 0.651. The zero-order chi connectivity index (χ0) is 32.3. The van der Waals surface area contributed by atoms with E-state index in [1.807, 2.05) is 0 Å². The van der Waals surface area contributed by atoms with Crippen molar-refractivity contribution in [2.75, 3.05) is 0 Å². The molecule has 0 unspecified atom stereocenters. The average Bonchev–Trinajstić information content (AvgIpc) is 3.56. The first-order valence-corrected chi connectivity index (χ1v) is 17.3. The number of hydrogen-bond donors (Lipinski definition) is 0. The smallest absolute Gasteiger partial charge is 0.164 e. The van der Waals surface area contributed by atoms with Gasteiger partial charge in [-0.25, -0.2) is 15.0 Å². The second-order valence-corrected chi connectivity index (χ2v) is 13.5. The van der Waals surface area contributed by atoms with Crippen LogP contribution in [0.5, 0.6) is 0 Å². The van der Waals surface area contributed by atoms with Crippen molar-refractivity contribution in [3.63, 3.8) is 0 Å². The molecule has 0 aliphatic heterocycles. The van der Waals surface area contributed by atoms with Crippen LogP contribution in [0.15, 0.2) is 164 Å². The van der Waals surface area contributed by atoms with Gasteiger partial charge in [-0.1, -0.05) is 140 Å². The molecule has 0 atom stereocenters. The Morgan fingerprint density at radius 1 is 0.327 bits per heavy atom. The first kappa shape index (κ1) is 27.8. The highest BCUT2D eigenvalue weighted by Crippen LogP contribution is 2.41. The molecule has 2 aromatic heterocycles. The van der Waals surface area contributed by atoms with E-state index in [1.54, 1.807) is 11.3 Å². The van der Waals surface area contributed by atoms with E-state index in [9.17, 15) is 0 Å². The molecule has 4 heteroatoms. The van der Waals surface area contributed by atoms with E-state index in [0.717, 1.165) is 27.5 Å². The lowest BCUT2D eigenvalue weighted by Gasteiger charge is -2.14. The monoisotopic (exact) mass is 641 g/mol. The first-order valence-electron chi connectivity index (χ1n) is 16.4. The third-order valence-electron chi connectivity index (χ3n) is 9.51. The number of hydrogen-bond acceptors (Lipinski definition) is 4. The maximum Gasteiger partial charge on any atom is 0.164 e. The topological polar surface area (TPSA) is 38.7 Å². The highest BCUT2D eigenvalue weighted by Gasteiger charge is 2.19. The standard InChI is InChI=1S/C45H27N3S/c1-2-12-29(13-3-1)38-26-30-15-5-7-18-33(30)34-25-24-31(27-39(34)38)43-46-44(35-20-10-16-28-14-4-6-17-32(28)35)48-45(47-43)37-21-11-23-41-42(37)36-19-8-9-22-40(36)49-41/h1-27H. The molecule has 0 saturated carbocycles. The molecule has 3 nitrogen and oxygen atoms in total. The Balaban J connectivity index is 1.27. The summed E-state index contributed by atoms with van der Waals surface area (Å²) in [6, 6.07) is 58.0. The SMILES string of the molecule is c1ccc(-c2cc3ccccc3c3ccc(-c4nc(-c5cccc6ccccc56)nc(-c5cccc6sc7ccccc7c56)n4)cc23)cc1. The summed E-state index contributed by atoms with van der Waals surface area (Å²) in [7, 11) is 0. The largest absolute Gasteiger partial charge is 0.208 e. The highest BCUT2D eigenvalue weighted by molar-refractivity contribution is 7.25. The lowest BCUT2D eigenvalue weighted by atomic mass is 9.92. The molecule has 0 amide bonds. The van der Waals surface area contributed by atoms with Crippen LogP contribution < -0.4 is 0 Å². The van der Waals surface area contributed by atoms with Crippen molar-refractivity contribution in [1.29, 1.82) is 0 Å². The van der Waals surface area contributed by atoms with Crippen molar-refractivity contribution in [1.82, 2.24) is 15.0 Å². The molecule has 10 aromatic rings. The van der Waals surface area contributed by atoms with Gasteiger partial charge < -0.3 is 0 Å². The van der Waals surface area contributed by atoms with E-state index in [1.165, 1.54) is 52.8 Å². The van der Waals surface area contributed by atoms with E-state index < -0.39 is 0 Å². The molecule has 8 aromatic carbocycles. The third kappa shape index (κ3) is 4.61. The van der Waals surface area contributed by atoms with Gasteiger partial charge >= 0.3 is 0 Å². The Hall–Kier alpha value is -6.23. The fourth-order valence-corrected chi connectivity index (χ4v) is 8.36. The normalized spacial score (nSPS) is 11.7. The molecule has 0 spiro atoms. The summed E-state index contributed by atoms with van der Waals surface area (Å²) in [4.78, 5) is 15.7. The third-order valence-corrected chi connectivity index (χ3v) is 10.6. The Labute approximate surface area is 286 Å². The van der Waals surface area contributed by atoms with Crippen LogP contribution in [0.3, 0.4) is 0 Å². The number of fused-ring (bicyclic) bond motifs is 7. The number of thiophene rings is 1. The summed E-state index contributed by atoms with van der Waals surface area (Å²) in [5.41, 5.74) is 5.32. The molecular formula is C45H27N3S.